The number of carbonyl (C=O) groups excluding carboxylic acids is 6. The molecule has 0 radical (unpaired) electrons. The number of halogens is 9. The van der Waals surface area contributed by atoms with Crippen molar-refractivity contribution in [2.24, 2.45) is 0 Å². The summed E-state index contributed by atoms with van der Waals surface area (Å²) in [6.07, 6.45) is -15.1. The summed E-state index contributed by atoms with van der Waals surface area (Å²) in [7, 11) is 0. The summed E-state index contributed by atoms with van der Waals surface area (Å²) in [6, 6.07) is 7.66. The fourth-order valence-corrected chi connectivity index (χ4v) is 2.31. The van der Waals surface area contributed by atoms with Gasteiger partial charge in [0.15, 0.2) is 17.3 Å². The van der Waals surface area contributed by atoms with Crippen molar-refractivity contribution in [2.45, 2.75) is 37.8 Å². The molecule has 0 aliphatic heterocycles. The fraction of sp³-hybridized carbons (Fsp3) is 0.250. The Morgan fingerprint density at radius 1 is 0.455 bits per heavy atom. The van der Waals surface area contributed by atoms with E-state index in [2.05, 4.69) is 13.3 Å². The Bertz CT molecular complexity index is 1180. The van der Waals surface area contributed by atoms with Gasteiger partial charge in [-0.15, -0.1) is 0 Å². The zero-order valence-electron chi connectivity index (χ0n) is 21.4. The molecule has 0 atom stereocenters. The van der Waals surface area contributed by atoms with Crippen LogP contribution in [0.4, 0.5) is 39.5 Å². The van der Waals surface area contributed by atoms with Gasteiger partial charge in [-0.3, -0.25) is 28.8 Å². The lowest BCUT2D eigenvalue weighted by Crippen LogP contribution is -2.25. The molecule has 0 bridgehead atoms. The van der Waals surface area contributed by atoms with Crippen molar-refractivity contribution in [3.8, 4) is 0 Å². The number of ketones is 6. The van der Waals surface area contributed by atoms with Crippen LogP contribution >= 0.6 is 0 Å². The summed E-state index contributed by atoms with van der Waals surface area (Å²) in [5.74, 6) is -9.88. The first-order valence-electron chi connectivity index (χ1n) is 10.7. The average molecular weight is 654 g/mol. The van der Waals surface area contributed by atoms with Gasteiger partial charge in [0.2, 0.25) is 34.7 Å². The monoisotopic (exact) mass is 654 g/mol. The molecule has 20 heteroatoms. The maximum absolute atomic E-state index is 11.7. The first-order valence-corrected chi connectivity index (χ1v) is 10.7. The molecule has 0 fully saturated rings. The Morgan fingerprint density at radius 2 is 0.659 bits per heavy atom. The number of furan rings is 3. The standard InChI is InChI=1S/3C8H5F3O3.2H2O/c3*9-8(10,11)7(13)4-5(12)6-2-1-3-14-6;;/h3*1-3H,4H2;2*1H2. The average Bonchev–Trinajstić information content (AvgIpc) is 3.66. The van der Waals surface area contributed by atoms with E-state index in [0.29, 0.717) is 0 Å². The van der Waals surface area contributed by atoms with Crippen molar-refractivity contribution in [3.05, 3.63) is 72.5 Å². The van der Waals surface area contributed by atoms with E-state index in [9.17, 15) is 68.3 Å². The Kier molecular flexibility index (Phi) is 16.2. The number of hydrogen-bond donors (Lipinski definition) is 0. The SMILES string of the molecule is O.O.O=C(CC(=O)C(F)(F)F)c1ccco1.O=C(CC(=O)C(F)(F)F)c1ccco1.O=C(CC(=O)C(F)(F)F)c1ccco1. The second-order valence-corrected chi connectivity index (χ2v) is 7.49. The minimum absolute atomic E-state index is 0. The van der Waals surface area contributed by atoms with E-state index in [4.69, 9.17) is 0 Å². The summed E-state index contributed by atoms with van der Waals surface area (Å²) in [6.45, 7) is 0. The molecule has 0 aromatic carbocycles. The molecular weight excluding hydrogens is 635 g/mol. The van der Waals surface area contributed by atoms with E-state index in [1.54, 1.807) is 0 Å². The number of alkyl halides is 9. The lowest BCUT2D eigenvalue weighted by Gasteiger charge is -2.02. The quantitative estimate of drug-likeness (QED) is 0.183. The lowest BCUT2D eigenvalue weighted by molar-refractivity contribution is -0.170. The number of carbonyl (C=O) groups is 6. The number of Topliss-reactive ketones (excluding diaryl/α,β-unsaturated/α-hetero) is 6. The zero-order valence-corrected chi connectivity index (χ0v) is 21.4. The number of rotatable bonds is 9. The smallest absolute Gasteiger partial charge is 0.450 e. The Balaban J connectivity index is 0. The molecule has 4 N–H and O–H groups in total. The van der Waals surface area contributed by atoms with Crippen LogP contribution in [-0.2, 0) is 14.4 Å². The molecular formula is C24H19F9O11. The molecule has 44 heavy (non-hydrogen) atoms. The van der Waals surface area contributed by atoms with Crippen LogP contribution < -0.4 is 0 Å². The molecule has 0 amide bonds. The predicted octanol–water partition coefficient (Wildman–Crippen LogP) is 4.30. The fourth-order valence-electron chi connectivity index (χ4n) is 2.31. The van der Waals surface area contributed by atoms with Crippen molar-refractivity contribution < 1.29 is 92.5 Å². The largest absolute Gasteiger partial charge is 0.461 e. The highest BCUT2D eigenvalue weighted by atomic mass is 19.4. The third-order valence-corrected chi connectivity index (χ3v) is 4.30. The van der Waals surface area contributed by atoms with Gasteiger partial charge in [-0.25, -0.2) is 0 Å². The van der Waals surface area contributed by atoms with Gasteiger partial charge in [0.1, 0.15) is 0 Å². The molecule has 0 saturated carbocycles. The third-order valence-electron chi connectivity index (χ3n) is 4.30. The van der Waals surface area contributed by atoms with Gasteiger partial charge in [-0.1, -0.05) is 0 Å². The van der Waals surface area contributed by atoms with Crippen LogP contribution in [0.1, 0.15) is 50.9 Å². The van der Waals surface area contributed by atoms with Crippen LogP contribution in [0.25, 0.3) is 0 Å². The van der Waals surface area contributed by atoms with E-state index in [1.165, 1.54) is 36.4 Å². The lowest BCUT2D eigenvalue weighted by atomic mass is 10.1. The molecule has 3 heterocycles. The molecule has 3 rings (SSSR count). The van der Waals surface area contributed by atoms with Gasteiger partial charge in [-0.2, -0.15) is 39.5 Å². The first kappa shape index (κ1) is 41.3. The van der Waals surface area contributed by atoms with E-state index < -0.39 is 72.5 Å². The molecule has 0 unspecified atom stereocenters. The Morgan fingerprint density at radius 3 is 0.795 bits per heavy atom. The topological polar surface area (TPSA) is 205 Å². The maximum Gasteiger partial charge on any atom is 0.450 e. The summed E-state index contributed by atoms with van der Waals surface area (Å²) in [5.41, 5.74) is 0. The van der Waals surface area contributed by atoms with E-state index in [-0.39, 0.29) is 28.2 Å². The van der Waals surface area contributed by atoms with Gasteiger partial charge in [0.25, 0.3) is 0 Å². The molecule has 0 aliphatic carbocycles. The molecule has 0 saturated heterocycles. The molecule has 3 aromatic heterocycles. The summed E-state index contributed by atoms with van der Waals surface area (Å²) >= 11 is 0. The summed E-state index contributed by atoms with van der Waals surface area (Å²) in [4.78, 5) is 64.0. The van der Waals surface area contributed by atoms with Gasteiger partial charge in [-0.05, 0) is 36.4 Å². The zero-order chi connectivity index (χ0) is 32.3. The molecule has 244 valence electrons. The predicted molar refractivity (Wildman–Crippen MR) is 123 cm³/mol. The van der Waals surface area contributed by atoms with Gasteiger partial charge < -0.3 is 24.2 Å². The maximum atomic E-state index is 11.7. The second-order valence-electron chi connectivity index (χ2n) is 7.49. The minimum atomic E-state index is -4.97. The molecule has 11 nitrogen and oxygen atoms in total. The number of hydrogen-bond acceptors (Lipinski definition) is 9. The van der Waals surface area contributed by atoms with Crippen LogP contribution in [0.2, 0.25) is 0 Å². The first-order chi connectivity index (χ1) is 19.2. The third kappa shape index (κ3) is 14.4. The highest BCUT2D eigenvalue weighted by Gasteiger charge is 2.41. The van der Waals surface area contributed by atoms with E-state index in [0.717, 1.165) is 18.8 Å². The second kappa shape index (κ2) is 17.3. The van der Waals surface area contributed by atoms with Crippen LogP contribution in [0.5, 0.6) is 0 Å². The summed E-state index contributed by atoms with van der Waals surface area (Å²) in [5, 5.41) is 0. The summed E-state index contributed by atoms with van der Waals surface area (Å²) < 4.78 is 119. The Labute approximate surface area is 238 Å². The van der Waals surface area contributed by atoms with Crippen LogP contribution in [0, 0.1) is 0 Å². The normalized spacial score (nSPS) is 10.8. The molecule has 0 aliphatic rings. The van der Waals surface area contributed by atoms with Crippen molar-refractivity contribution in [1.82, 2.24) is 0 Å². The van der Waals surface area contributed by atoms with Crippen LogP contribution in [-0.4, -0.2) is 64.2 Å². The molecule has 3 aromatic rings. The van der Waals surface area contributed by atoms with Crippen LogP contribution in [0.15, 0.2) is 68.4 Å². The van der Waals surface area contributed by atoms with Crippen molar-refractivity contribution in [2.75, 3.05) is 0 Å². The highest BCUT2D eigenvalue weighted by Crippen LogP contribution is 2.21. The van der Waals surface area contributed by atoms with Gasteiger partial charge in [0, 0.05) is 0 Å². The van der Waals surface area contributed by atoms with Crippen molar-refractivity contribution in [3.63, 3.8) is 0 Å². The van der Waals surface area contributed by atoms with E-state index >= 15 is 0 Å². The van der Waals surface area contributed by atoms with Gasteiger partial charge >= 0.3 is 18.5 Å². The van der Waals surface area contributed by atoms with Crippen molar-refractivity contribution >= 4 is 34.7 Å². The highest BCUT2D eigenvalue weighted by molar-refractivity contribution is 6.09. The van der Waals surface area contributed by atoms with Gasteiger partial charge in [0.05, 0.1) is 38.1 Å². The van der Waals surface area contributed by atoms with Crippen molar-refractivity contribution in [1.29, 1.82) is 0 Å². The molecule has 0 spiro atoms. The minimum Gasteiger partial charge on any atom is -0.461 e. The van der Waals surface area contributed by atoms with E-state index in [1.807, 2.05) is 0 Å². The van der Waals surface area contributed by atoms with Crippen LogP contribution in [0.3, 0.4) is 0 Å². The Hall–Kier alpha value is -4.85.